The summed E-state index contributed by atoms with van der Waals surface area (Å²) >= 11 is 6.17. The first-order valence-electron chi connectivity index (χ1n) is 7.37. The molecule has 2 rings (SSSR count). The van der Waals surface area contributed by atoms with E-state index < -0.39 is 0 Å². The van der Waals surface area contributed by atoms with Gasteiger partial charge in [0.2, 0.25) is 5.91 Å². The van der Waals surface area contributed by atoms with Crippen LogP contribution in [0, 0.1) is 5.92 Å². The number of hydrogen-bond donors (Lipinski definition) is 0. The molecule has 3 nitrogen and oxygen atoms in total. The standard InChI is InChI=1S/C16H23ClN2O/c1-3-18(4-2)10-13-9-16(20)19(11-13)12-14-7-5-6-8-15(14)17/h5-8,13H,3-4,9-12H2,1-2H3. The molecule has 110 valence electrons. The summed E-state index contributed by atoms with van der Waals surface area (Å²) < 4.78 is 0. The molecule has 1 aromatic rings. The maximum Gasteiger partial charge on any atom is 0.223 e. The molecular weight excluding hydrogens is 272 g/mol. The fourth-order valence-electron chi connectivity index (χ4n) is 2.81. The molecule has 1 aromatic carbocycles. The van der Waals surface area contributed by atoms with Gasteiger partial charge in [-0.3, -0.25) is 4.79 Å². The molecule has 1 atom stereocenters. The van der Waals surface area contributed by atoms with Gasteiger partial charge in [-0.15, -0.1) is 0 Å². The minimum absolute atomic E-state index is 0.252. The molecule has 1 amide bonds. The van der Waals surface area contributed by atoms with Crippen LogP contribution in [0.2, 0.25) is 5.02 Å². The SMILES string of the molecule is CCN(CC)CC1CC(=O)N(Cc2ccccc2Cl)C1. The molecule has 0 radical (unpaired) electrons. The Bertz CT molecular complexity index is 460. The third-order valence-corrected chi connectivity index (χ3v) is 4.39. The number of rotatable bonds is 6. The first-order chi connectivity index (χ1) is 9.63. The van der Waals surface area contributed by atoms with Crippen molar-refractivity contribution in [3.8, 4) is 0 Å². The molecule has 1 aliphatic rings. The zero-order chi connectivity index (χ0) is 14.5. The van der Waals surface area contributed by atoms with Gasteiger partial charge in [0.15, 0.2) is 0 Å². The van der Waals surface area contributed by atoms with E-state index in [2.05, 4.69) is 18.7 Å². The van der Waals surface area contributed by atoms with Crippen molar-refractivity contribution >= 4 is 17.5 Å². The van der Waals surface area contributed by atoms with E-state index in [0.29, 0.717) is 18.9 Å². The number of halogens is 1. The zero-order valence-corrected chi connectivity index (χ0v) is 13.1. The molecule has 1 unspecified atom stereocenters. The third-order valence-electron chi connectivity index (χ3n) is 4.02. The van der Waals surface area contributed by atoms with Crippen LogP contribution in [0.15, 0.2) is 24.3 Å². The van der Waals surface area contributed by atoms with E-state index in [9.17, 15) is 4.79 Å². The third kappa shape index (κ3) is 3.74. The van der Waals surface area contributed by atoms with Crippen molar-refractivity contribution in [2.45, 2.75) is 26.8 Å². The maximum atomic E-state index is 12.1. The van der Waals surface area contributed by atoms with E-state index in [-0.39, 0.29) is 5.91 Å². The van der Waals surface area contributed by atoms with Crippen LogP contribution in [-0.4, -0.2) is 41.9 Å². The minimum atomic E-state index is 0.252. The largest absolute Gasteiger partial charge is 0.338 e. The van der Waals surface area contributed by atoms with Gasteiger partial charge in [0, 0.05) is 31.1 Å². The Morgan fingerprint density at radius 2 is 2.00 bits per heavy atom. The average molecular weight is 295 g/mol. The van der Waals surface area contributed by atoms with Crippen molar-refractivity contribution < 1.29 is 4.79 Å². The van der Waals surface area contributed by atoms with Crippen molar-refractivity contribution in [3.63, 3.8) is 0 Å². The summed E-state index contributed by atoms with van der Waals surface area (Å²) in [7, 11) is 0. The normalized spacial score (nSPS) is 19.1. The summed E-state index contributed by atoms with van der Waals surface area (Å²) in [4.78, 5) is 16.4. The quantitative estimate of drug-likeness (QED) is 0.805. The molecule has 1 saturated heterocycles. The molecule has 0 spiro atoms. The Hall–Kier alpha value is -1.06. The number of benzene rings is 1. The highest BCUT2D eigenvalue weighted by atomic mass is 35.5. The van der Waals surface area contributed by atoms with Crippen molar-refractivity contribution in [2.24, 2.45) is 5.92 Å². The van der Waals surface area contributed by atoms with Gasteiger partial charge in [0.1, 0.15) is 0 Å². The Labute approximate surface area is 126 Å². The van der Waals surface area contributed by atoms with Gasteiger partial charge in [0.05, 0.1) is 0 Å². The van der Waals surface area contributed by atoms with Crippen molar-refractivity contribution in [2.75, 3.05) is 26.2 Å². The summed E-state index contributed by atoms with van der Waals surface area (Å²) in [6.45, 7) is 8.92. The zero-order valence-electron chi connectivity index (χ0n) is 12.3. The monoisotopic (exact) mass is 294 g/mol. The van der Waals surface area contributed by atoms with E-state index in [1.165, 1.54) is 0 Å². The van der Waals surface area contributed by atoms with Crippen LogP contribution in [0.25, 0.3) is 0 Å². The van der Waals surface area contributed by atoms with Gasteiger partial charge in [-0.1, -0.05) is 43.6 Å². The first kappa shape index (κ1) is 15.3. The molecule has 4 heteroatoms. The summed E-state index contributed by atoms with van der Waals surface area (Å²) in [6, 6.07) is 7.76. The first-order valence-corrected chi connectivity index (χ1v) is 7.75. The van der Waals surface area contributed by atoms with E-state index in [0.717, 1.165) is 36.8 Å². The highest BCUT2D eigenvalue weighted by Gasteiger charge is 2.30. The Morgan fingerprint density at radius 1 is 1.30 bits per heavy atom. The number of nitrogens with zero attached hydrogens (tertiary/aromatic N) is 2. The number of likely N-dealkylation sites (tertiary alicyclic amines) is 1. The average Bonchev–Trinajstić information content (AvgIpc) is 2.79. The molecule has 0 N–H and O–H groups in total. The molecule has 0 saturated carbocycles. The van der Waals surface area contributed by atoms with Gasteiger partial charge in [-0.05, 0) is 30.6 Å². The number of carbonyl (C=O) groups is 1. The molecule has 20 heavy (non-hydrogen) atoms. The highest BCUT2D eigenvalue weighted by molar-refractivity contribution is 6.31. The van der Waals surface area contributed by atoms with Crippen LogP contribution in [-0.2, 0) is 11.3 Å². The number of carbonyl (C=O) groups excluding carboxylic acids is 1. The lowest BCUT2D eigenvalue weighted by atomic mass is 10.1. The van der Waals surface area contributed by atoms with Crippen LogP contribution in [0.4, 0.5) is 0 Å². The van der Waals surface area contributed by atoms with Crippen molar-refractivity contribution in [1.82, 2.24) is 9.80 Å². The minimum Gasteiger partial charge on any atom is -0.338 e. The predicted molar refractivity (Wildman–Crippen MR) is 82.8 cm³/mol. The molecule has 0 aromatic heterocycles. The highest BCUT2D eigenvalue weighted by Crippen LogP contribution is 2.24. The van der Waals surface area contributed by atoms with Gasteiger partial charge in [-0.2, -0.15) is 0 Å². The second-order valence-corrected chi connectivity index (χ2v) is 5.83. The van der Waals surface area contributed by atoms with Crippen LogP contribution < -0.4 is 0 Å². The fraction of sp³-hybridized carbons (Fsp3) is 0.562. The molecular formula is C16H23ClN2O. The van der Waals surface area contributed by atoms with Crippen LogP contribution in [0.3, 0.4) is 0 Å². The van der Waals surface area contributed by atoms with Gasteiger partial charge in [0.25, 0.3) is 0 Å². The predicted octanol–water partition coefficient (Wildman–Crippen LogP) is 3.03. The lowest BCUT2D eigenvalue weighted by molar-refractivity contribution is -0.128. The molecule has 1 aliphatic heterocycles. The van der Waals surface area contributed by atoms with Gasteiger partial charge in [-0.25, -0.2) is 0 Å². The Kier molecular flexibility index (Phi) is 5.44. The summed E-state index contributed by atoms with van der Waals surface area (Å²) in [5, 5.41) is 0.743. The summed E-state index contributed by atoms with van der Waals surface area (Å²) in [5.41, 5.74) is 1.03. The van der Waals surface area contributed by atoms with Crippen LogP contribution in [0.1, 0.15) is 25.8 Å². The van der Waals surface area contributed by atoms with E-state index in [1.807, 2.05) is 29.2 Å². The maximum absolute atomic E-state index is 12.1. The van der Waals surface area contributed by atoms with Crippen molar-refractivity contribution in [3.05, 3.63) is 34.9 Å². The van der Waals surface area contributed by atoms with E-state index in [4.69, 9.17) is 11.6 Å². The molecule has 1 fully saturated rings. The molecule has 0 aliphatic carbocycles. The Morgan fingerprint density at radius 3 is 2.65 bits per heavy atom. The number of amides is 1. The molecule has 1 heterocycles. The van der Waals surface area contributed by atoms with E-state index in [1.54, 1.807) is 0 Å². The van der Waals surface area contributed by atoms with Crippen LogP contribution in [0.5, 0.6) is 0 Å². The smallest absolute Gasteiger partial charge is 0.223 e. The lowest BCUT2D eigenvalue weighted by Gasteiger charge is -2.22. The lowest BCUT2D eigenvalue weighted by Crippen LogP contribution is -2.31. The van der Waals surface area contributed by atoms with Gasteiger partial charge >= 0.3 is 0 Å². The summed E-state index contributed by atoms with van der Waals surface area (Å²) in [6.07, 6.45) is 0.668. The van der Waals surface area contributed by atoms with Gasteiger partial charge < -0.3 is 9.80 Å². The summed E-state index contributed by atoms with van der Waals surface area (Å²) in [5.74, 6) is 0.701. The second kappa shape index (κ2) is 7.09. The van der Waals surface area contributed by atoms with Crippen LogP contribution >= 0.6 is 11.6 Å². The Balaban J connectivity index is 1.94. The fourth-order valence-corrected chi connectivity index (χ4v) is 3.00. The molecule has 0 bridgehead atoms. The van der Waals surface area contributed by atoms with Crippen molar-refractivity contribution in [1.29, 1.82) is 0 Å². The number of hydrogen-bond acceptors (Lipinski definition) is 2. The topological polar surface area (TPSA) is 23.6 Å². The second-order valence-electron chi connectivity index (χ2n) is 5.42. The van der Waals surface area contributed by atoms with E-state index >= 15 is 0 Å².